The highest BCUT2D eigenvalue weighted by atomic mass is 14.7. The lowest BCUT2D eigenvalue weighted by Crippen LogP contribution is -1.92. The van der Waals surface area contributed by atoms with Gasteiger partial charge in [-0.3, -0.25) is 4.98 Å². The molecule has 0 saturated carbocycles. The van der Waals surface area contributed by atoms with E-state index in [4.69, 9.17) is 4.98 Å². The molecule has 0 aliphatic rings. The molecule has 1 aromatic heterocycles. The number of allylic oxidation sites excluding steroid dienone is 3. The average Bonchev–Trinajstić information content (AvgIpc) is 2.74. The molecular weight excluding hydrogens is 338 g/mol. The van der Waals surface area contributed by atoms with E-state index in [9.17, 15) is 0 Å². The third-order valence-electron chi connectivity index (χ3n) is 5.17. The van der Waals surface area contributed by atoms with Gasteiger partial charge in [-0.15, -0.1) is 0 Å². The van der Waals surface area contributed by atoms with E-state index >= 15 is 0 Å². The molecule has 1 heterocycles. The molecule has 3 aromatic carbocycles. The predicted molar refractivity (Wildman–Crippen MR) is 121 cm³/mol. The molecular formula is C27H23N. The number of hydrogen-bond acceptors (Lipinski definition) is 1. The molecule has 0 saturated heterocycles. The van der Waals surface area contributed by atoms with E-state index in [1.54, 1.807) is 0 Å². The van der Waals surface area contributed by atoms with Gasteiger partial charge in [0, 0.05) is 17.1 Å². The summed E-state index contributed by atoms with van der Waals surface area (Å²) in [6.45, 7) is 8.39. The number of benzene rings is 3. The Kier molecular flexibility index (Phi) is 4.90. The van der Waals surface area contributed by atoms with E-state index in [1.807, 2.05) is 25.3 Å². The van der Waals surface area contributed by atoms with Gasteiger partial charge < -0.3 is 0 Å². The summed E-state index contributed by atoms with van der Waals surface area (Å²) in [5.74, 6) is 0. The molecule has 0 amide bonds. The first-order valence-corrected chi connectivity index (χ1v) is 9.55. The van der Waals surface area contributed by atoms with Gasteiger partial charge in [0.1, 0.15) is 0 Å². The Morgan fingerprint density at radius 1 is 0.821 bits per heavy atom. The van der Waals surface area contributed by atoms with Crippen molar-refractivity contribution < 1.29 is 0 Å². The first kappa shape index (κ1) is 17.9. The van der Waals surface area contributed by atoms with Crippen LogP contribution in [-0.4, -0.2) is 4.98 Å². The number of pyridine rings is 1. The van der Waals surface area contributed by atoms with Gasteiger partial charge in [-0.1, -0.05) is 79.4 Å². The standard InChI is InChI=1S/C27H23N/c1-4-9-19(2)24-14-15-26-25(20(24)3)16-17-28-27(26)23-13-8-12-22(18-23)21-10-6-5-7-11-21/h4-18H,2H2,1,3H3/b9-4-. The zero-order valence-electron chi connectivity index (χ0n) is 16.3. The number of aryl methyl sites for hydroxylation is 1. The molecule has 4 aromatic rings. The largest absolute Gasteiger partial charge is 0.256 e. The van der Waals surface area contributed by atoms with Crippen LogP contribution in [0.4, 0.5) is 0 Å². The second-order valence-electron chi connectivity index (χ2n) is 6.96. The number of aromatic nitrogens is 1. The molecule has 0 radical (unpaired) electrons. The average molecular weight is 361 g/mol. The minimum atomic E-state index is 1.02. The van der Waals surface area contributed by atoms with Gasteiger partial charge in [-0.05, 0) is 59.2 Å². The Bertz CT molecular complexity index is 1180. The monoisotopic (exact) mass is 361 g/mol. The van der Waals surface area contributed by atoms with Crippen molar-refractivity contribution >= 4 is 16.3 Å². The van der Waals surface area contributed by atoms with Crippen LogP contribution in [0.15, 0.2) is 97.7 Å². The van der Waals surface area contributed by atoms with Crippen LogP contribution in [0.5, 0.6) is 0 Å². The van der Waals surface area contributed by atoms with Crippen LogP contribution in [0.25, 0.3) is 38.7 Å². The summed E-state index contributed by atoms with van der Waals surface area (Å²) in [5.41, 5.74) is 8.01. The fraction of sp³-hybridized carbons (Fsp3) is 0.0741. The molecule has 0 N–H and O–H groups in total. The van der Waals surface area contributed by atoms with Crippen LogP contribution >= 0.6 is 0 Å². The van der Waals surface area contributed by atoms with Gasteiger partial charge in [0.2, 0.25) is 0 Å². The van der Waals surface area contributed by atoms with E-state index in [0.717, 1.165) is 16.8 Å². The van der Waals surface area contributed by atoms with Crippen molar-refractivity contribution in [3.8, 4) is 22.4 Å². The van der Waals surface area contributed by atoms with Crippen molar-refractivity contribution in [3.63, 3.8) is 0 Å². The Morgan fingerprint density at radius 3 is 2.36 bits per heavy atom. The van der Waals surface area contributed by atoms with Crippen molar-refractivity contribution in [1.29, 1.82) is 0 Å². The molecule has 0 fully saturated rings. The Labute approximate surface area is 166 Å². The first-order chi connectivity index (χ1) is 13.7. The summed E-state index contributed by atoms with van der Waals surface area (Å²) < 4.78 is 0. The van der Waals surface area contributed by atoms with Crippen molar-refractivity contribution in [3.05, 3.63) is 109 Å². The first-order valence-electron chi connectivity index (χ1n) is 9.55. The summed E-state index contributed by atoms with van der Waals surface area (Å²) in [4.78, 5) is 4.73. The Morgan fingerprint density at radius 2 is 1.57 bits per heavy atom. The zero-order chi connectivity index (χ0) is 19.5. The fourth-order valence-electron chi connectivity index (χ4n) is 3.75. The van der Waals surface area contributed by atoms with Gasteiger partial charge in [-0.2, -0.15) is 0 Å². The molecule has 28 heavy (non-hydrogen) atoms. The Hall–Kier alpha value is -3.45. The number of hydrogen-bond donors (Lipinski definition) is 0. The molecule has 0 atom stereocenters. The van der Waals surface area contributed by atoms with Crippen LogP contribution in [0.2, 0.25) is 0 Å². The minimum Gasteiger partial charge on any atom is -0.256 e. The van der Waals surface area contributed by atoms with Crippen LogP contribution in [0.3, 0.4) is 0 Å². The van der Waals surface area contributed by atoms with Gasteiger partial charge >= 0.3 is 0 Å². The highest BCUT2D eigenvalue weighted by Crippen LogP contribution is 2.33. The minimum absolute atomic E-state index is 1.02. The number of rotatable bonds is 4. The second kappa shape index (κ2) is 7.66. The molecule has 4 rings (SSSR count). The van der Waals surface area contributed by atoms with Crippen LogP contribution in [0, 0.1) is 6.92 Å². The summed E-state index contributed by atoms with van der Waals surface area (Å²) in [5, 5.41) is 2.39. The third kappa shape index (κ3) is 3.27. The molecule has 0 bridgehead atoms. The summed E-state index contributed by atoms with van der Waals surface area (Å²) in [6, 6.07) is 25.5. The maximum Gasteiger partial charge on any atom is 0.0780 e. The molecule has 136 valence electrons. The van der Waals surface area contributed by atoms with Gasteiger partial charge in [-0.25, -0.2) is 0 Å². The molecule has 0 aliphatic heterocycles. The maximum absolute atomic E-state index is 4.73. The SMILES string of the molecule is C=C(/C=C\C)c1ccc2c(-c3cccc(-c4ccccc4)c3)nccc2c1C. The van der Waals surface area contributed by atoms with E-state index in [0.29, 0.717) is 0 Å². The third-order valence-corrected chi connectivity index (χ3v) is 5.17. The van der Waals surface area contributed by atoms with E-state index in [2.05, 4.69) is 86.3 Å². The van der Waals surface area contributed by atoms with Crippen molar-refractivity contribution in [2.75, 3.05) is 0 Å². The lowest BCUT2D eigenvalue weighted by molar-refractivity contribution is 1.34. The van der Waals surface area contributed by atoms with Crippen LogP contribution in [0.1, 0.15) is 18.1 Å². The van der Waals surface area contributed by atoms with Crippen LogP contribution in [-0.2, 0) is 0 Å². The van der Waals surface area contributed by atoms with Gasteiger partial charge in [0.15, 0.2) is 0 Å². The van der Waals surface area contributed by atoms with Gasteiger partial charge in [0.25, 0.3) is 0 Å². The smallest absolute Gasteiger partial charge is 0.0780 e. The topological polar surface area (TPSA) is 12.9 Å². The molecule has 0 aliphatic carbocycles. The quantitative estimate of drug-likeness (QED) is 0.344. The molecule has 1 heteroatoms. The lowest BCUT2D eigenvalue weighted by atomic mass is 9.93. The Balaban J connectivity index is 1.86. The van der Waals surface area contributed by atoms with Crippen molar-refractivity contribution in [1.82, 2.24) is 4.98 Å². The summed E-state index contributed by atoms with van der Waals surface area (Å²) >= 11 is 0. The van der Waals surface area contributed by atoms with E-state index < -0.39 is 0 Å². The molecule has 1 nitrogen and oxygen atoms in total. The van der Waals surface area contributed by atoms with Crippen molar-refractivity contribution in [2.45, 2.75) is 13.8 Å². The highest BCUT2D eigenvalue weighted by molar-refractivity contribution is 5.99. The van der Waals surface area contributed by atoms with Crippen molar-refractivity contribution in [2.24, 2.45) is 0 Å². The fourth-order valence-corrected chi connectivity index (χ4v) is 3.75. The number of fused-ring (bicyclic) bond motifs is 1. The zero-order valence-corrected chi connectivity index (χ0v) is 16.3. The number of nitrogens with zero attached hydrogens (tertiary/aromatic N) is 1. The van der Waals surface area contributed by atoms with E-state index in [1.165, 1.54) is 33.0 Å². The summed E-state index contributed by atoms with van der Waals surface area (Å²) in [6.07, 6.45) is 5.99. The van der Waals surface area contributed by atoms with Crippen LogP contribution < -0.4 is 0 Å². The second-order valence-corrected chi connectivity index (χ2v) is 6.96. The lowest BCUT2D eigenvalue weighted by Gasteiger charge is -2.13. The van der Waals surface area contributed by atoms with E-state index in [-0.39, 0.29) is 0 Å². The maximum atomic E-state index is 4.73. The predicted octanol–water partition coefficient (Wildman–Crippen LogP) is 7.47. The normalized spacial score (nSPS) is 11.2. The molecule has 0 unspecified atom stereocenters. The molecule has 0 spiro atoms. The summed E-state index contributed by atoms with van der Waals surface area (Å²) in [7, 11) is 0. The van der Waals surface area contributed by atoms with Gasteiger partial charge in [0.05, 0.1) is 5.69 Å². The highest BCUT2D eigenvalue weighted by Gasteiger charge is 2.11.